The van der Waals surface area contributed by atoms with Gasteiger partial charge in [0, 0.05) is 11.3 Å². The Bertz CT molecular complexity index is 944. The summed E-state index contributed by atoms with van der Waals surface area (Å²) in [5.41, 5.74) is 8.75. The van der Waals surface area contributed by atoms with E-state index in [1.54, 1.807) is 18.3 Å². The Morgan fingerprint density at radius 1 is 0.929 bits per heavy atom. The molecule has 0 aliphatic heterocycles. The van der Waals surface area contributed by atoms with E-state index in [0.717, 1.165) is 16.9 Å². The topological polar surface area (TPSA) is 60.0 Å². The highest BCUT2D eigenvalue weighted by Gasteiger charge is 2.02. The molecule has 6 heteroatoms. The van der Waals surface area contributed by atoms with Gasteiger partial charge in [-0.2, -0.15) is 5.10 Å². The number of rotatable bonds is 7. The SMILES string of the molecule is NC(=NN=Cc1ccccc1OCc1ccc(F)cc1)SCc1ccccc1. The van der Waals surface area contributed by atoms with Crippen molar-refractivity contribution in [3.63, 3.8) is 0 Å². The molecule has 0 aromatic heterocycles. The molecule has 3 aromatic carbocycles. The molecule has 0 aliphatic carbocycles. The van der Waals surface area contributed by atoms with Crippen LogP contribution in [-0.2, 0) is 12.4 Å². The molecule has 0 bridgehead atoms. The van der Waals surface area contributed by atoms with Crippen LogP contribution in [0.5, 0.6) is 5.75 Å². The zero-order chi connectivity index (χ0) is 19.6. The summed E-state index contributed by atoms with van der Waals surface area (Å²) >= 11 is 1.43. The van der Waals surface area contributed by atoms with Crippen molar-refractivity contribution >= 4 is 23.1 Å². The van der Waals surface area contributed by atoms with E-state index in [1.807, 2.05) is 54.6 Å². The molecule has 0 radical (unpaired) electrons. The molecule has 0 amide bonds. The van der Waals surface area contributed by atoms with Gasteiger partial charge >= 0.3 is 0 Å². The molecule has 3 aromatic rings. The predicted octanol–water partition coefficient (Wildman–Crippen LogP) is 4.99. The van der Waals surface area contributed by atoms with E-state index in [2.05, 4.69) is 10.2 Å². The number of hydrogen-bond donors (Lipinski definition) is 1. The van der Waals surface area contributed by atoms with Crippen molar-refractivity contribution in [3.8, 4) is 5.75 Å². The molecule has 0 spiro atoms. The fourth-order valence-corrected chi connectivity index (χ4v) is 2.98. The second-order valence-corrected chi connectivity index (χ2v) is 6.91. The summed E-state index contributed by atoms with van der Waals surface area (Å²) in [5.74, 6) is 1.14. The number of hydrogen-bond acceptors (Lipinski definition) is 4. The zero-order valence-corrected chi connectivity index (χ0v) is 16.0. The minimum absolute atomic E-state index is 0.267. The molecule has 28 heavy (non-hydrogen) atoms. The number of para-hydroxylation sites is 1. The molecule has 0 saturated carbocycles. The highest BCUT2D eigenvalue weighted by atomic mass is 32.2. The summed E-state index contributed by atoms with van der Waals surface area (Å²) in [4.78, 5) is 0. The molecule has 142 valence electrons. The fraction of sp³-hybridized carbons (Fsp3) is 0.0909. The van der Waals surface area contributed by atoms with Gasteiger partial charge in [-0.05, 0) is 35.4 Å². The average Bonchev–Trinajstić information content (AvgIpc) is 2.73. The first-order valence-corrected chi connectivity index (χ1v) is 9.69. The Kier molecular flexibility index (Phi) is 7.21. The van der Waals surface area contributed by atoms with Gasteiger partial charge in [0.2, 0.25) is 0 Å². The van der Waals surface area contributed by atoms with Crippen LogP contribution in [0.4, 0.5) is 4.39 Å². The Morgan fingerprint density at radius 2 is 1.64 bits per heavy atom. The number of benzene rings is 3. The molecule has 0 aliphatic rings. The van der Waals surface area contributed by atoms with E-state index in [1.165, 1.54) is 29.5 Å². The van der Waals surface area contributed by atoms with Crippen molar-refractivity contribution in [1.29, 1.82) is 0 Å². The van der Waals surface area contributed by atoms with Crippen LogP contribution in [-0.4, -0.2) is 11.4 Å². The van der Waals surface area contributed by atoms with E-state index < -0.39 is 0 Å². The minimum Gasteiger partial charge on any atom is -0.488 e. The minimum atomic E-state index is -0.267. The van der Waals surface area contributed by atoms with Gasteiger partial charge in [0.15, 0.2) is 5.17 Å². The van der Waals surface area contributed by atoms with E-state index in [4.69, 9.17) is 10.5 Å². The van der Waals surface area contributed by atoms with Crippen LogP contribution in [0.1, 0.15) is 16.7 Å². The maximum Gasteiger partial charge on any atom is 0.180 e. The van der Waals surface area contributed by atoms with Crippen molar-refractivity contribution in [2.75, 3.05) is 0 Å². The molecule has 0 unspecified atom stereocenters. The van der Waals surface area contributed by atoms with Gasteiger partial charge in [-0.15, -0.1) is 5.10 Å². The number of ether oxygens (including phenoxy) is 1. The van der Waals surface area contributed by atoms with E-state index in [9.17, 15) is 4.39 Å². The highest BCUT2D eigenvalue weighted by molar-refractivity contribution is 8.13. The van der Waals surface area contributed by atoms with Crippen molar-refractivity contribution in [2.45, 2.75) is 12.4 Å². The summed E-state index contributed by atoms with van der Waals surface area (Å²) in [7, 11) is 0. The lowest BCUT2D eigenvalue weighted by molar-refractivity contribution is 0.305. The molecule has 2 N–H and O–H groups in total. The van der Waals surface area contributed by atoms with Gasteiger partial charge in [0.05, 0.1) is 6.21 Å². The molecule has 0 atom stereocenters. The van der Waals surface area contributed by atoms with Gasteiger partial charge in [-0.1, -0.05) is 66.4 Å². The number of halogens is 1. The molecule has 0 saturated heterocycles. The number of amidine groups is 1. The smallest absolute Gasteiger partial charge is 0.180 e. The monoisotopic (exact) mass is 393 g/mol. The largest absolute Gasteiger partial charge is 0.488 e. The molecule has 4 nitrogen and oxygen atoms in total. The third-order valence-corrected chi connectivity index (χ3v) is 4.66. The van der Waals surface area contributed by atoms with Gasteiger partial charge < -0.3 is 10.5 Å². The van der Waals surface area contributed by atoms with Crippen molar-refractivity contribution in [2.24, 2.45) is 15.9 Å². The van der Waals surface area contributed by atoms with Crippen molar-refractivity contribution in [1.82, 2.24) is 0 Å². The summed E-state index contributed by atoms with van der Waals surface area (Å²) in [6.45, 7) is 0.337. The summed E-state index contributed by atoms with van der Waals surface area (Å²) < 4.78 is 18.8. The van der Waals surface area contributed by atoms with Crippen molar-refractivity contribution < 1.29 is 9.13 Å². The van der Waals surface area contributed by atoms with Crippen LogP contribution in [0.3, 0.4) is 0 Å². The average molecular weight is 393 g/mol. The van der Waals surface area contributed by atoms with Crippen LogP contribution in [0.25, 0.3) is 0 Å². The Labute approximate surface area is 168 Å². The van der Waals surface area contributed by atoms with Crippen LogP contribution >= 0.6 is 11.8 Å². The van der Waals surface area contributed by atoms with Crippen LogP contribution in [0, 0.1) is 5.82 Å². The Balaban J connectivity index is 1.58. The summed E-state index contributed by atoms with van der Waals surface area (Å²) in [5, 5.41) is 8.50. The second kappa shape index (κ2) is 10.3. The van der Waals surface area contributed by atoms with Gasteiger partial charge in [0.25, 0.3) is 0 Å². The van der Waals surface area contributed by atoms with Crippen LogP contribution in [0.15, 0.2) is 89.1 Å². The normalized spacial score (nSPS) is 11.7. The predicted molar refractivity (Wildman–Crippen MR) is 114 cm³/mol. The lowest BCUT2D eigenvalue weighted by Gasteiger charge is -2.08. The molecular weight excluding hydrogens is 373 g/mol. The van der Waals surface area contributed by atoms with E-state index >= 15 is 0 Å². The maximum absolute atomic E-state index is 13.0. The van der Waals surface area contributed by atoms with E-state index in [-0.39, 0.29) is 5.82 Å². The standard InChI is InChI=1S/C22H20FN3OS/c23-20-12-10-17(11-13-20)15-27-21-9-5-4-8-19(21)14-25-26-22(24)28-16-18-6-2-1-3-7-18/h1-14H,15-16H2,(H2,24,26). The zero-order valence-electron chi connectivity index (χ0n) is 15.2. The van der Waals surface area contributed by atoms with Gasteiger partial charge in [0.1, 0.15) is 18.2 Å². The Morgan fingerprint density at radius 3 is 2.43 bits per heavy atom. The molecule has 0 fully saturated rings. The highest BCUT2D eigenvalue weighted by Crippen LogP contribution is 2.18. The first-order chi connectivity index (χ1) is 13.7. The molecule has 0 heterocycles. The molecular formula is C22H20FN3OS. The second-order valence-electron chi connectivity index (χ2n) is 5.91. The number of nitrogens with two attached hydrogens (primary N) is 1. The summed E-state index contributed by atoms with van der Waals surface area (Å²) in [6.07, 6.45) is 1.61. The maximum atomic E-state index is 13.0. The lowest BCUT2D eigenvalue weighted by atomic mass is 10.2. The fourth-order valence-electron chi connectivity index (χ4n) is 2.37. The first kappa shape index (κ1) is 19.6. The Hall–Kier alpha value is -3.12. The lowest BCUT2D eigenvalue weighted by Crippen LogP contribution is -2.06. The first-order valence-electron chi connectivity index (χ1n) is 8.70. The van der Waals surface area contributed by atoms with E-state index in [0.29, 0.717) is 17.5 Å². The number of thioether (sulfide) groups is 1. The third kappa shape index (κ3) is 6.25. The van der Waals surface area contributed by atoms with Crippen molar-refractivity contribution in [3.05, 3.63) is 101 Å². The van der Waals surface area contributed by atoms with Crippen LogP contribution in [0.2, 0.25) is 0 Å². The molecule has 3 rings (SSSR count). The quantitative estimate of drug-likeness (QED) is 0.350. The summed E-state index contributed by atoms with van der Waals surface area (Å²) in [6, 6.07) is 23.8. The van der Waals surface area contributed by atoms with Gasteiger partial charge in [-0.3, -0.25) is 0 Å². The van der Waals surface area contributed by atoms with Gasteiger partial charge in [-0.25, -0.2) is 4.39 Å². The third-order valence-electron chi connectivity index (χ3n) is 3.81. The van der Waals surface area contributed by atoms with Crippen LogP contribution < -0.4 is 10.5 Å². The number of nitrogens with zero attached hydrogens (tertiary/aromatic N) is 2.